The van der Waals surface area contributed by atoms with E-state index in [1.165, 1.54) is 11.6 Å². The summed E-state index contributed by atoms with van der Waals surface area (Å²) in [7, 11) is 1.42. The molecule has 0 fully saturated rings. The molecule has 0 aliphatic heterocycles. The van der Waals surface area contributed by atoms with Crippen LogP contribution < -0.4 is 16.2 Å². The molecule has 0 bridgehead atoms. The van der Waals surface area contributed by atoms with E-state index in [4.69, 9.17) is 0 Å². The standard InChI is InChI=1S/C19H19N5O3S/c1-11-7-6-10-15(21-11)24-17(26)13-8-4-5-9-14(13)22-19(24)28-12(2)16(25)23-18(27)20-3/h4-10,12H,1-3H3,(H2,20,23,25,27). The van der Waals surface area contributed by atoms with Gasteiger partial charge in [-0.25, -0.2) is 19.3 Å². The van der Waals surface area contributed by atoms with Gasteiger partial charge in [0.15, 0.2) is 5.16 Å². The first-order chi connectivity index (χ1) is 13.4. The average molecular weight is 397 g/mol. The number of amides is 3. The lowest BCUT2D eigenvalue weighted by Crippen LogP contribution is -2.41. The third-order valence-electron chi connectivity index (χ3n) is 3.96. The van der Waals surface area contributed by atoms with Gasteiger partial charge in [0.05, 0.1) is 16.2 Å². The lowest BCUT2D eigenvalue weighted by atomic mass is 10.2. The van der Waals surface area contributed by atoms with Crippen LogP contribution in [0.15, 0.2) is 52.4 Å². The average Bonchev–Trinajstić information content (AvgIpc) is 2.68. The number of nitrogens with one attached hydrogen (secondary N) is 2. The molecule has 9 heteroatoms. The molecule has 3 aromatic rings. The van der Waals surface area contributed by atoms with Crippen LogP contribution in [-0.2, 0) is 4.79 Å². The zero-order valence-electron chi connectivity index (χ0n) is 15.6. The molecule has 1 atom stereocenters. The van der Waals surface area contributed by atoms with Crippen LogP contribution in [0.3, 0.4) is 0 Å². The number of para-hydroxylation sites is 1. The van der Waals surface area contributed by atoms with Gasteiger partial charge in [-0.15, -0.1) is 0 Å². The summed E-state index contributed by atoms with van der Waals surface area (Å²) >= 11 is 1.08. The van der Waals surface area contributed by atoms with Crippen LogP contribution >= 0.6 is 11.8 Å². The molecule has 1 aromatic carbocycles. The summed E-state index contributed by atoms with van der Waals surface area (Å²) in [6.45, 7) is 3.47. The number of nitrogens with zero attached hydrogens (tertiary/aromatic N) is 3. The third-order valence-corrected chi connectivity index (χ3v) is 5.02. The van der Waals surface area contributed by atoms with E-state index in [0.29, 0.717) is 21.9 Å². The van der Waals surface area contributed by atoms with Crippen LogP contribution in [0, 0.1) is 6.92 Å². The number of urea groups is 1. The number of benzene rings is 1. The van der Waals surface area contributed by atoms with Gasteiger partial charge >= 0.3 is 6.03 Å². The monoisotopic (exact) mass is 397 g/mol. The van der Waals surface area contributed by atoms with Gasteiger partial charge in [-0.2, -0.15) is 0 Å². The second-order valence-electron chi connectivity index (χ2n) is 6.02. The maximum absolute atomic E-state index is 13.1. The number of hydrogen-bond donors (Lipinski definition) is 2. The Labute approximate surface area is 165 Å². The number of thioether (sulfide) groups is 1. The Morgan fingerprint density at radius 2 is 1.86 bits per heavy atom. The number of fused-ring (bicyclic) bond motifs is 1. The summed E-state index contributed by atoms with van der Waals surface area (Å²) in [5.41, 5.74) is 1.00. The minimum absolute atomic E-state index is 0.273. The van der Waals surface area contributed by atoms with Gasteiger partial charge in [0.25, 0.3) is 5.56 Å². The van der Waals surface area contributed by atoms with Gasteiger partial charge in [0, 0.05) is 12.7 Å². The van der Waals surface area contributed by atoms with Crippen LogP contribution in [0.1, 0.15) is 12.6 Å². The molecule has 1 unspecified atom stereocenters. The van der Waals surface area contributed by atoms with Crippen molar-refractivity contribution in [1.29, 1.82) is 0 Å². The van der Waals surface area contributed by atoms with E-state index in [0.717, 1.165) is 17.5 Å². The van der Waals surface area contributed by atoms with Gasteiger partial charge in [0.2, 0.25) is 5.91 Å². The van der Waals surface area contributed by atoms with Crippen LogP contribution in [0.5, 0.6) is 0 Å². The van der Waals surface area contributed by atoms with E-state index < -0.39 is 17.2 Å². The largest absolute Gasteiger partial charge is 0.341 e. The van der Waals surface area contributed by atoms with E-state index in [1.807, 2.05) is 13.0 Å². The third kappa shape index (κ3) is 4.04. The number of rotatable bonds is 4. The molecule has 3 rings (SSSR count). The highest BCUT2D eigenvalue weighted by Crippen LogP contribution is 2.24. The summed E-state index contributed by atoms with van der Waals surface area (Å²) in [6.07, 6.45) is 0. The molecule has 28 heavy (non-hydrogen) atoms. The zero-order chi connectivity index (χ0) is 20.3. The second kappa shape index (κ2) is 8.22. The SMILES string of the molecule is CNC(=O)NC(=O)C(C)Sc1nc2ccccc2c(=O)n1-c1cccc(C)n1. The van der Waals surface area contributed by atoms with Gasteiger partial charge < -0.3 is 5.32 Å². The molecule has 0 saturated heterocycles. The molecular formula is C19H19N5O3S. The van der Waals surface area contributed by atoms with Crippen LogP contribution in [0.25, 0.3) is 16.7 Å². The molecular weight excluding hydrogens is 378 g/mol. The fourth-order valence-electron chi connectivity index (χ4n) is 2.53. The molecule has 0 radical (unpaired) electrons. The summed E-state index contributed by atoms with van der Waals surface area (Å²) in [5, 5.41) is 4.67. The highest BCUT2D eigenvalue weighted by molar-refractivity contribution is 8.00. The molecule has 0 saturated carbocycles. The van der Waals surface area contributed by atoms with E-state index in [1.54, 1.807) is 43.3 Å². The molecule has 3 amide bonds. The Bertz CT molecular complexity index is 1110. The molecule has 0 spiro atoms. The number of pyridine rings is 1. The fourth-order valence-corrected chi connectivity index (χ4v) is 3.45. The van der Waals surface area contributed by atoms with Crippen molar-refractivity contribution in [2.24, 2.45) is 0 Å². The first kappa shape index (κ1) is 19.6. The Morgan fingerprint density at radius 3 is 2.57 bits per heavy atom. The lowest BCUT2D eigenvalue weighted by Gasteiger charge is -2.15. The van der Waals surface area contributed by atoms with Crippen molar-refractivity contribution in [2.75, 3.05) is 7.05 Å². The molecule has 144 valence electrons. The number of carbonyl (C=O) groups excluding carboxylic acids is 2. The number of imide groups is 1. The minimum Gasteiger partial charge on any atom is -0.341 e. The van der Waals surface area contributed by atoms with Crippen molar-refractivity contribution in [3.05, 3.63) is 58.5 Å². The van der Waals surface area contributed by atoms with Crippen molar-refractivity contribution in [2.45, 2.75) is 24.3 Å². The van der Waals surface area contributed by atoms with E-state index in [-0.39, 0.29) is 5.56 Å². The predicted octanol–water partition coefficient (Wildman–Crippen LogP) is 2.03. The van der Waals surface area contributed by atoms with Gasteiger partial charge in [-0.3, -0.25) is 14.9 Å². The molecule has 2 heterocycles. The van der Waals surface area contributed by atoms with E-state index in [2.05, 4.69) is 20.6 Å². The van der Waals surface area contributed by atoms with Gasteiger partial charge in [-0.05, 0) is 38.1 Å². The van der Waals surface area contributed by atoms with Crippen molar-refractivity contribution in [3.8, 4) is 5.82 Å². The first-order valence-corrected chi connectivity index (χ1v) is 9.43. The summed E-state index contributed by atoms with van der Waals surface area (Å²) in [4.78, 5) is 45.8. The minimum atomic E-state index is -0.665. The summed E-state index contributed by atoms with van der Waals surface area (Å²) in [6, 6.07) is 11.7. The number of hydrogen-bond acceptors (Lipinski definition) is 6. The van der Waals surface area contributed by atoms with Crippen molar-refractivity contribution >= 4 is 34.6 Å². The number of aromatic nitrogens is 3. The van der Waals surface area contributed by atoms with Crippen molar-refractivity contribution in [1.82, 2.24) is 25.2 Å². The Kier molecular flexibility index (Phi) is 5.74. The molecule has 2 aromatic heterocycles. The Morgan fingerprint density at radius 1 is 1.11 bits per heavy atom. The van der Waals surface area contributed by atoms with Gasteiger partial charge in [-0.1, -0.05) is 30.0 Å². The number of carbonyl (C=O) groups is 2. The van der Waals surface area contributed by atoms with Crippen LogP contribution in [0.2, 0.25) is 0 Å². The maximum atomic E-state index is 13.1. The van der Waals surface area contributed by atoms with Crippen molar-refractivity contribution < 1.29 is 9.59 Å². The molecule has 0 aliphatic rings. The van der Waals surface area contributed by atoms with Crippen molar-refractivity contribution in [3.63, 3.8) is 0 Å². The van der Waals surface area contributed by atoms with Crippen LogP contribution in [0.4, 0.5) is 4.79 Å². The molecule has 8 nitrogen and oxygen atoms in total. The molecule has 2 N–H and O–H groups in total. The fraction of sp³-hybridized carbons (Fsp3) is 0.211. The van der Waals surface area contributed by atoms with E-state index >= 15 is 0 Å². The second-order valence-corrected chi connectivity index (χ2v) is 7.33. The summed E-state index contributed by atoms with van der Waals surface area (Å²) < 4.78 is 1.39. The number of aryl methyl sites for hydroxylation is 1. The quantitative estimate of drug-likeness (QED) is 0.515. The van der Waals surface area contributed by atoms with Crippen LogP contribution in [-0.4, -0.2) is 38.8 Å². The highest BCUT2D eigenvalue weighted by Gasteiger charge is 2.21. The highest BCUT2D eigenvalue weighted by atomic mass is 32.2. The Hall–Kier alpha value is -3.20. The normalized spacial score (nSPS) is 11.8. The summed E-state index contributed by atoms with van der Waals surface area (Å²) in [5.74, 6) is -0.0693. The van der Waals surface area contributed by atoms with E-state index in [9.17, 15) is 14.4 Å². The van der Waals surface area contributed by atoms with Gasteiger partial charge in [0.1, 0.15) is 5.82 Å². The first-order valence-electron chi connectivity index (χ1n) is 8.55. The predicted molar refractivity (Wildman–Crippen MR) is 108 cm³/mol. The smallest absolute Gasteiger partial charge is 0.321 e. The zero-order valence-corrected chi connectivity index (χ0v) is 16.4. The molecule has 0 aliphatic carbocycles. The topological polar surface area (TPSA) is 106 Å². The Balaban J connectivity index is 2.10. The lowest BCUT2D eigenvalue weighted by molar-refractivity contribution is -0.119. The maximum Gasteiger partial charge on any atom is 0.321 e.